The van der Waals surface area contributed by atoms with E-state index < -0.39 is 18.2 Å². The summed E-state index contributed by atoms with van der Waals surface area (Å²) < 4.78 is 10.8. The van der Waals surface area contributed by atoms with Crippen molar-refractivity contribution < 1.29 is 19.4 Å². The van der Waals surface area contributed by atoms with E-state index in [4.69, 9.17) is 9.47 Å². The number of hydrogen-bond donors (Lipinski definition) is 1. The summed E-state index contributed by atoms with van der Waals surface area (Å²) >= 11 is 0. The van der Waals surface area contributed by atoms with Gasteiger partial charge in [0.25, 0.3) is 0 Å². The van der Waals surface area contributed by atoms with Gasteiger partial charge < -0.3 is 14.6 Å². The molecule has 6 nitrogen and oxygen atoms in total. The summed E-state index contributed by atoms with van der Waals surface area (Å²) in [5.74, 6) is -1.14. The predicted molar refractivity (Wildman–Crippen MR) is 79.7 cm³/mol. The number of carboxylic acids is 1. The topological polar surface area (TPSA) is 81.5 Å². The molecule has 0 aliphatic heterocycles. The standard InChI is InChI=1S/C16H18N2O4/c1-10-9-11(2)18-16(17-10)22-14(15(19)20)13(21-3)12-7-5-4-6-8-12/h4-9,13-14H,1-3H3,(H,19,20). The van der Waals surface area contributed by atoms with Gasteiger partial charge in [-0.2, -0.15) is 0 Å². The fourth-order valence-corrected chi connectivity index (χ4v) is 2.18. The van der Waals surface area contributed by atoms with E-state index in [2.05, 4.69) is 9.97 Å². The van der Waals surface area contributed by atoms with Gasteiger partial charge in [-0.15, -0.1) is 0 Å². The molecule has 0 saturated heterocycles. The highest BCUT2D eigenvalue weighted by Crippen LogP contribution is 2.24. The molecule has 2 unspecified atom stereocenters. The Morgan fingerprint density at radius 3 is 2.23 bits per heavy atom. The molecule has 1 heterocycles. The molecule has 22 heavy (non-hydrogen) atoms. The first kappa shape index (κ1) is 15.9. The van der Waals surface area contributed by atoms with E-state index in [0.717, 1.165) is 0 Å². The van der Waals surface area contributed by atoms with Gasteiger partial charge in [-0.3, -0.25) is 0 Å². The van der Waals surface area contributed by atoms with E-state index in [1.807, 2.05) is 18.2 Å². The summed E-state index contributed by atoms with van der Waals surface area (Å²) in [6.07, 6.45) is -2.00. The Labute approximate surface area is 128 Å². The van der Waals surface area contributed by atoms with Crippen molar-refractivity contribution in [3.8, 4) is 6.01 Å². The third kappa shape index (κ3) is 3.79. The van der Waals surface area contributed by atoms with Crippen LogP contribution in [-0.4, -0.2) is 34.3 Å². The van der Waals surface area contributed by atoms with E-state index in [1.54, 1.807) is 32.0 Å². The van der Waals surface area contributed by atoms with Crippen LogP contribution in [0.25, 0.3) is 0 Å². The second kappa shape index (κ2) is 7.00. The third-order valence-electron chi connectivity index (χ3n) is 3.09. The number of ether oxygens (including phenoxy) is 2. The van der Waals surface area contributed by atoms with E-state index in [9.17, 15) is 9.90 Å². The molecule has 0 spiro atoms. The van der Waals surface area contributed by atoms with Crippen LogP contribution in [0.5, 0.6) is 6.01 Å². The molecule has 1 N–H and O–H groups in total. The van der Waals surface area contributed by atoms with Gasteiger partial charge in [0.05, 0.1) is 0 Å². The zero-order valence-corrected chi connectivity index (χ0v) is 12.7. The third-order valence-corrected chi connectivity index (χ3v) is 3.09. The quantitative estimate of drug-likeness (QED) is 0.882. The van der Waals surface area contributed by atoms with Crippen LogP contribution in [-0.2, 0) is 9.53 Å². The minimum absolute atomic E-state index is 0.0304. The minimum atomic E-state index is -1.24. The van der Waals surface area contributed by atoms with Gasteiger partial charge in [0.15, 0.2) is 0 Å². The van der Waals surface area contributed by atoms with Crippen molar-refractivity contribution in [2.75, 3.05) is 7.11 Å². The Morgan fingerprint density at radius 1 is 1.14 bits per heavy atom. The lowest BCUT2D eigenvalue weighted by Gasteiger charge is -2.23. The summed E-state index contributed by atoms with van der Waals surface area (Å²) in [7, 11) is 1.44. The molecule has 0 radical (unpaired) electrons. The zero-order valence-electron chi connectivity index (χ0n) is 12.7. The van der Waals surface area contributed by atoms with Crippen LogP contribution in [0.2, 0.25) is 0 Å². The largest absolute Gasteiger partial charge is 0.478 e. The number of aryl methyl sites for hydroxylation is 2. The number of rotatable bonds is 6. The molecule has 0 aliphatic rings. The summed E-state index contributed by atoms with van der Waals surface area (Å²) in [4.78, 5) is 19.8. The highest BCUT2D eigenvalue weighted by atomic mass is 16.6. The summed E-state index contributed by atoms with van der Waals surface area (Å²) in [6.45, 7) is 3.59. The number of nitrogens with zero attached hydrogens (tertiary/aromatic N) is 2. The maximum atomic E-state index is 11.6. The molecule has 0 fully saturated rings. The van der Waals surface area contributed by atoms with Crippen molar-refractivity contribution in [2.24, 2.45) is 0 Å². The molecule has 0 aliphatic carbocycles. The van der Waals surface area contributed by atoms with Crippen LogP contribution < -0.4 is 4.74 Å². The fourth-order valence-electron chi connectivity index (χ4n) is 2.18. The molecule has 116 valence electrons. The maximum Gasteiger partial charge on any atom is 0.348 e. The Hall–Kier alpha value is -2.47. The van der Waals surface area contributed by atoms with Crippen molar-refractivity contribution >= 4 is 5.97 Å². The Balaban J connectivity index is 2.31. The molecule has 1 aromatic carbocycles. The molecular weight excluding hydrogens is 284 g/mol. The Kier molecular flexibility index (Phi) is 5.06. The highest BCUT2D eigenvalue weighted by Gasteiger charge is 2.32. The summed E-state index contributed by atoms with van der Waals surface area (Å²) in [5, 5.41) is 9.48. The summed E-state index contributed by atoms with van der Waals surface area (Å²) in [5.41, 5.74) is 2.13. The van der Waals surface area contributed by atoms with Crippen LogP contribution in [0.1, 0.15) is 23.1 Å². The Bertz CT molecular complexity index is 626. The number of hydrogen-bond acceptors (Lipinski definition) is 5. The van der Waals surface area contributed by atoms with Crippen molar-refractivity contribution in [1.29, 1.82) is 0 Å². The van der Waals surface area contributed by atoms with Gasteiger partial charge in [-0.25, -0.2) is 14.8 Å². The molecule has 0 saturated carbocycles. The predicted octanol–water partition coefficient (Wildman–Crippen LogP) is 2.31. The second-order valence-corrected chi connectivity index (χ2v) is 4.88. The van der Waals surface area contributed by atoms with E-state index in [1.165, 1.54) is 7.11 Å². The first-order valence-electron chi connectivity index (χ1n) is 6.80. The molecular formula is C16H18N2O4. The van der Waals surface area contributed by atoms with Gasteiger partial charge in [0.1, 0.15) is 6.10 Å². The number of aliphatic carboxylic acids is 1. The Morgan fingerprint density at radius 2 is 1.73 bits per heavy atom. The lowest BCUT2D eigenvalue weighted by molar-refractivity contribution is -0.152. The average molecular weight is 302 g/mol. The van der Waals surface area contributed by atoms with Crippen LogP contribution in [0, 0.1) is 13.8 Å². The summed E-state index contributed by atoms with van der Waals surface area (Å²) in [6, 6.07) is 10.9. The van der Waals surface area contributed by atoms with E-state index in [0.29, 0.717) is 17.0 Å². The van der Waals surface area contributed by atoms with Crippen LogP contribution in [0.15, 0.2) is 36.4 Å². The minimum Gasteiger partial charge on any atom is -0.478 e. The van der Waals surface area contributed by atoms with Crippen LogP contribution in [0.3, 0.4) is 0 Å². The molecule has 0 amide bonds. The van der Waals surface area contributed by atoms with Crippen LogP contribution in [0.4, 0.5) is 0 Å². The van der Waals surface area contributed by atoms with Gasteiger partial charge in [-0.05, 0) is 25.5 Å². The first-order chi connectivity index (χ1) is 10.5. The maximum absolute atomic E-state index is 11.6. The lowest BCUT2D eigenvalue weighted by atomic mass is 10.0. The van der Waals surface area contributed by atoms with E-state index in [-0.39, 0.29) is 6.01 Å². The van der Waals surface area contributed by atoms with E-state index >= 15 is 0 Å². The highest BCUT2D eigenvalue weighted by molar-refractivity contribution is 5.73. The number of carbonyl (C=O) groups is 1. The second-order valence-electron chi connectivity index (χ2n) is 4.88. The number of carboxylic acid groups (broad SMARTS) is 1. The van der Waals surface area contributed by atoms with Gasteiger partial charge in [0.2, 0.25) is 6.10 Å². The fraction of sp³-hybridized carbons (Fsp3) is 0.312. The molecule has 2 aromatic rings. The molecule has 6 heteroatoms. The van der Waals surface area contributed by atoms with Crippen molar-refractivity contribution in [2.45, 2.75) is 26.1 Å². The van der Waals surface area contributed by atoms with Gasteiger partial charge in [-0.1, -0.05) is 30.3 Å². The molecule has 2 atom stereocenters. The monoisotopic (exact) mass is 302 g/mol. The van der Waals surface area contributed by atoms with Crippen molar-refractivity contribution in [3.05, 3.63) is 53.3 Å². The smallest absolute Gasteiger partial charge is 0.348 e. The zero-order chi connectivity index (χ0) is 16.1. The van der Waals surface area contributed by atoms with Gasteiger partial charge in [0, 0.05) is 18.5 Å². The van der Waals surface area contributed by atoms with Crippen molar-refractivity contribution in [1.82, 2.24) is 9.97 Å². The normalized spacial score (nSPS) is 13.4. The molecule has 2 rings (SSSR count). The average Bonchev–Trinajstić information content (AvgIpc) is 2.47. The number of benzene rings is 1. The van der Waals surface area contributed by atoms with Gasteiger partial charge >= 0.3 is 12.0 Å². The number of methoxy groups -OCH3 is 1. The number of aromatic nitrogens is 2. The van der Waals surface area contributed by atoms with Crippen molar-refractivity contribution in [3.63, 3.8) is 0 Å². The SMILES string of the molecule is COC(c1ccccc1)C(Oc1nc(C)cc(C)n1)C(=O)O. The molecule has 1 aromatic heterocycles. The van der Waals surface area contributed by atoms with Crippen LogP contribution >= 0.6 is 0 Å². The first-order valence-corrected chi connectivity index (χ1v) is 6.80. The lowest BCUT2D eigenvalue weighted by Crippen LogP contribution is -2.35. The molecule has 0 bridgehead atoms.